The lowest BCUT2D eigenvalue weighted by Crippen LogP contribution is -2.43. The first kappa shape index (κ1) is 22.4. The van der Waals surface area contributed by atoms with Crippen molar-refractivity contribution in [3.8, 4) is 0 Å². The summed E-state index contributed by atoms with van der Waals surface area (Å²) in [7, 11) is -0.285. The topological polar surface area (TPSA) is 102 Å². The van der Waals surface area contributed by atoms with Gasteiger partial charge in [0, 0.05) is 37.8 Å². The molecule has 0 aliphatic heterocycles. The number of rotatable bonds is 4. The van der Waals surface area contributed by atoms with Crippen LogP contribution in [0, 0.1) is 6.92 Å². The zero-order chi connectivity index (χ0) is 24.0. The third-order valence-corrected chi connectivity index (χ3v) is 8.28. The van der Waals surface area contributed by atoms with Gasteiger partial charge in [-0.25, -0.2) is 27.2 Å². The van der Waals surface area contributed by atoms with Crippen LogP contribution in [0.15, 0.2) is 53.7 Å². The molecule has 1 fully saturated rings. The van der Waals surface area contributed by atoms with E-state index in [4.69, 9.17) is 4.98 Å². The largest absolute Gasteiger partial charge is 0.335 e. The minimum Gasteiger partial charge on any atom is -0.335 e. The Bertz CT molecular complexity index is 1460. The van der Waals surface area contributed by atoms with E-state index in [-0.39, 0.29) is 23.0 Å². The second kappa shape index (κ2) is 8.43. The summed E-state index contributed by atoms with van der Waals surface area (Å²) in [4.78, 5) is 23.0. The van der Waals surface area contributed by atoms with Crippen LogP contribution < -0.4 is 5.32 Å². The fraction of sp³-hybridized carbons (Fsp3) is 0.375. The van der Waals surface area contributed by atoms with Gasteiger partial charge in [-0.05, 0) is 50.8 Å². The summed E-state index contributed by atoms with van der Waals surface area (Å²) in [6.45, 7) is 1.98. The second-order valence-electron chi connectivity index (χ2n) is 9.04. The maximum absolute atomic E-state index is 13.3. The maximum Gasteiger partial charge on any atom is 0.317 e. The predicted molar refractivity (Wildman–Crippen MR) is 130 cm³/mol. The van der Waals surface area contributed by atoms with Crippen molar-refractivity contribution in [2.45, 2.75) is 49.6 Å². The first-order valence-corrected chi connectivity index (χ1v) is 12.8. The average molecular weight is 481 g/mol. The summed E-state index contributed by atoms with van der Waals surface area (Å²) in [5, 5.41) is 3.85. The molecule has 5 rings (SSSR count). The van der Waals surface area contributed by atoms with E-state index < -0.39 is 10.0 Å². The number of carbonyl (C=O) groups excluding carboxylic acids is 1. The van der Waals surface area contributed by atoms with Gasteiger partial charge in [0.2, 0.25) is 0 Å². The normalized spacial score (nSPS) is 18.9. The highest BCUT2D eigenvalue weighted by atomic mass is 32.2. The Morgan fingerprint density at radius 3 is 2.47 bits per heavy atom. The first-order chi connectivity index (χ1) is 16.3. The summed E-state index contributed by atoms with van der Waals surface area (Å²) < 4.78 is 30.0. The van der Waals surface area contributed by atoms with Crippen molar-refractivity contribution >= 4 is 38.1 Å². The van der Waals surface area contributed by atoms with Crippen LogP contribution in [0.4, 0.5) is 4.79 Å². The molecule has 1 saturated carbocycles. The minimum atomic E-state index is -3.77. The zero-order valence-corrected chi connectivity index (χ0v) is 20.3. The molecule has 0 unspecified atom stereocenters. The smallest absolute Gasteiger partial charge is 0.317 e. The Kier molecular flexibility index (Phi) is 5.55. The molecule has 2 amide bonds. The lowest BCUT2D eigenvalue weighted by atomic mass is 9.90. The number of pyridine rings is 1. The fourth-order valence-corrected chi connectivity index (χ4v) is 6.22. The average Bonchev–Trinajstić information content (AvgIpc) is 3.41. The highest BCUT2D eigenvalue weighted by Crippen LogP contribution is 2.35. The monoisotopic (exact) mass is 480 g/mol. The number of carbonyl (C=O) groups is 1. The number of aromatic nitrogens is 4. The predicted octanol–water partition coefficient (Wildman–Crippen LogP) is 3.69. The standard InChI is InChI=1S/C24H28N6O3S/c1-16-26-21-15-25-23-20(13-14-29(23)34(32,33)19-7-5-4-6-8-19)22(21)30(16)18-11-9-17(10-12-18)27-24(31)28(2)3/h4-8,13-15,17-18H,9-12H2,1-3H3,(H,27,31). The van der Waals surface area contributed by atoms with Crippen LogP contribution in [0.3, 0.4) is 0 Å². The molecule has 0 atom stereocenters. The molecule has 1 N–H and O–H groups in total. The van der Waals surface area contributed by atoms with Crippen LogP contribution in [0.2, 0.25) is 0 Å². The van der Waals surface area contributed by atoms with Crippen LogP contribution in [-0.2, 0) is 10.0 Å². The molecule has 9 nitrogen and oxygen atoms in total. The van der Waals surface area contributed by atoms with Crippen molar-refractivity contribution < 1.29 is 13.2 Å². The number of nitrogens with one attached hydrogen (secondary N) is 1. The van der Waals surface area contributed by atoms with Gasteiger partial charge in [-0.15, -0.1) is 0 Å². The maximum atomic E-state index is 13.3. The Morgan fingerprint density at radius 1 is 1.09 bits per heavy atom. The SMILES string of the molecule is Cc1nc2cnc3c(ccn3S(=O)(=O)c3ccccc3)c2n1C1CCC(NC(=O)N(C)C)CC1. The molecule has 0 spiro atoms. The van der Waals surface area contributed by atoms with Crippen molar-refractivity contribution in [1.82, 2.24) is 28.7 Å². The van der Waals surface area contributed by atoms with Crippen LogP contribution in [-0.4, -0.2) is 58.0 Å². The Balaban J connectivity index is 1.52. The van der Waals surface area contributed by atoms with E-state index in [1.54, 1.807) is 61.7 Å². The molecule has 178 valence electrons. The lowest BCUT2D eigenvalue weighted by molar-refractivity contribution is 0.205. The summed E-state index contributed by atoms with van der Waals surface area (Å²) in [5.41, 5.74) is 2.05. The van der Waals surface area contributed by atoms with Crippen molar-refractivity contribution in [3.05, 3.63) is 54.6 Å². The molecule has 0 radical (unpaired) electrons. The number of imidazole rings is 1. The Morgan fingerprint density at radius 2 is 1.79 bits per heavy atom. The molecular weight excluding hydrogens is 452 g/mol. The molecule has 3 heterocycles. The van der Waals surface area contributed by atoms with E-state index >= 15 is 0 Å². The van der Waals surface area contributed by atoms with Crippen LogP contribution in [0.1, 0.15) is 37.5 Å². The number of hydrogen-bond donors (Lipinski definition) is 1. The second-order valence-corrected chi connectivity index (χ2v) is 10.9. The third kappa shape index (κ3) is 3.71. The molecule has 34 heavy (non-hydrogen) atoms. The van der Waals surface area contributed by atoms with Gasteiger partial charge < -0.3 is 14.8 Å². The van der Waals surface area contributed by atoms with Crippen LogP contribution in [0.25, 0.3) is 22.1 Å². The Hall–Kier alpha value is -3.40. The zero-order valence-electron chi connectivity index (χ0n) is 19.5. The molecule has 1 aromatic carbocycles. The number of amides is 2. The number of hydrogen-bond acceptors (Lipinski definition) is 5. The number of nitrogens with zero attached hydrogens (tertiary/aromatic N) is 5. The summed E-state index contributed by atoms with van der Waals surface area (Å²) in [6.07, 6.45) is 6.78. The summed E-state index contributed by atoms with van der Waals surface area (Å²) in [5.74, 6) is 0.878. The quantitative estimate of drug-likeness (QED) is 0.480. The van der Waals surface area contributed by atoms with E-state index in [1.807, 2.05) is 13.0 Å². The number of benzene rings is 1. The van der Waals surface area contributed by atoms with E-state index in [0.29, 0.717) is 5.65 Å². The number of urea groups is 1. The molecule has 4 aromatic rings. The van der Waals surface area contributed by atoms with Crippen molar-refractivity contribution in [2.24, 2.45) is 0 Å². The molecule has 1 aliphatic rings. The van der Waals surface area contributed by atoms with E-state index in [1.165, 1.54) is 3.97 Å². The van der Waals surface area contributed by atoms with Gasteiger partial charge in [-0.1, -0.05) is 18.2 Å². The van der Waals surface area contributed by atoms with Gasteiger partial charge in [0.15, 0.2) is 5.65 Å². The molecule has 0 saturated heterocycles. The first-order valence-electron chi connectivity index (χ1n) is 11.4. The van der Waals surface area contributed by atoms with Crippen LogP contribution in [0.5, 0.6) is 0 Å². The van der Waals surface area contributed by atoms with Gasteiger partial charge >= 0.3 is 6.03 Å². The molecular formula is C24H28N6O3S. The minimum absolute atomic E-state index is 0.0681. The van der Waals surface area contributed by atoms with E-state index in [2.05, 4.69) is 14.9 Å². The van der Waals surface area contributed by atoms with Gasteiger partial charge in [-0.2, -0.15) is 0 Å². The highest BCUT2D eigenvalue weighted by Gasteiger charge is 2.28. The molecule has 1 aliphatic carbocycles. The molecule has 0 bridgehead atoms. The van der Waals surface area contributed by atoms with Crippen molar-refractivity contribution in [3.63, 3.8) is 0 Å². The Labute approximate surface area is 198 Å². The number of aryl methyl sites for hydroxylation is 1. The van der Waals surface area contributed by atoms with Crippen molar-refractivity contribution in [1.29, 1.82) is 0 Å². The fourth-order valence-electron chi connectivity index (χ4n) is 4.89. The van der Waals surface area contributed by atoms with Gasteiger partial charge in [-0.3, -0.25) is 0 Å². The summed E-state index contributed by atoms with van der Waals surface area (Å²) >= 11 is 0. The third-order valence-electron chi connectivity index (χ3n) is 6.60. The van der Waals surface area contributed by atoms with Crippen molar-refractivity contribution in [2.75, 3.05) is 14.1 Å². The van der Waals surface area contributed by atoms with Gasteiger partial charge in [0.25, 0.3) is 10.0 Å². The van der Waals surface area contributed by atoms with Gasteiger partial charge in [0.05, 0.1) is 16.6 Å². The van der Waals surface area contributed by atoms with Crippen LogP contribution >= 0.6 is 0 Å². The highest BCUT2D eigenvalue weighted by molar-refractivity contribution is 7.90. The number of fused-ring (bicyclic) bond motifs is 3. The van der Waals surface area contributed by atoms with Gasteiger partial charge in [0.1, 0.15) is 11.3 Å². The molecule has 3 aromatic heterocycles. The van der Waals surface area contributed by atoms with E-state index in [0.717, 1.165) is 47.9 Å². The summed E-state index contributed by atoms with van der Waals surface area (Å²) in [6, 6.07) is 10.5. The van der Waals surface area contributed by atoms with E-state index in [9.17, 15) is 13.2 Å². The lowest BCUT2D eigenvalue weighted by Gasteiger charge is -2.31. The molecule has 10 heteroatoms.